The molecular weight excluding hydrogens is 406 g/mol. The van der Waals surface area contributed by atoms with Crippen LogP contribution in [0, 0.1) is 0 Å². The van der Waals surface area contributed by atoms with E-state index in [1.165, 1.54) is 5.56 Å². The van der Waals surface area contributed by atoms with E-state index < -0.39 is 0 Å². The van der Waals surface area contributed by atoms with Gasteiger partial charge in [0.25, 0.3) is 0 Å². The lowest BCUT2D eigenvalue weighted by atomic mass is 10.0. The van der Waals surface area contributed by atoms with Crippen LogP contribution < -0.4 is 10.6 Å². The molecule has 7 nitrogen and oxygen atoms in total. The van der Waals surface area contributed by atoms with E-state index in [0.29, 0.717) is 36.7 Å². The van der Waals surface area contributed by atoms with Crippen molar-refractivity contribution < 1.29 is 19.1 Å². The lowest BCUT2D eigenvalue weighted by molar-refractivity contribution is -0.118. The number of hydrogen-bond acceptors (Lipinski definition) is 5. The summed E-state index contributed by atoms with van der Waals surface area (Å²) >= 11 is 0. The minimum Gasteiger partial charge on any atom is -0.379 e. The van der Waals surface area contributed by atoms with Gasteiger partial charge < -0.3 is 15.4 Å². The highest BCUT2D eigenvalue weighted by molar-refractivity contribution is 6.00. The number of rotatable bonds is 10. The molecule has 3 rings (SSSR count). The average molecular weight is 438 g/mol. The molecule has 2 amide bonds. The van der Waals surface area contributed by atoms with Gasteiger partial charge in [0.2, 0.25) is 11.8 Å². The number of benzene rings is 2. The predicted octanol–water partition coefficient (Wildman–Crippen LogP) is 3.51. The van der Waals surface area contributed by atoms with Crippen LogP contribution in [-0.2, 0) is 20.7 Å². The van der Waals surface area contributed by atoms with E-state index in [-0.39, 0.29) is 30.4 Å². The van der Waals surface area contributed by atoms with Gasteiger partial charge in [0.1, 0.15) is 0 Å². The third-order valence-electron chi connectivity index (χ3n) is 5.32. The summed E-state index contributed by atoms with van der Waals surface area (Å²) in [6.07, 6.45) is 2.34. The Morgan fingerprint density at radius 3 is 2.03 bits per heavy atom. The Morgan fingerprint density at radius 2 is 1.44 bits per heavy atom. The zero-order valence-electron chi connectivity index (χ0n) is 18.6. The molecule has 1 saturated heterocycles. The first-order valence-electron chi connectivity index (χ1n) is 11.2. The monoisotopic (exact) mass is 437 g/mol. The summed E-state index contributed by atoms with van der Waals surface area (Å²) in [5, 5.41) is 5.66. The third kappa shape index (κ3) is 7.59. The van der Waals surface area contributed by atoms with Gasteiger partial charge in [-0.1, -0.05) is 37.6 Å². The summed E-state index contributed by atoms with van der Waals surface area (Å²) in [5.41, 5.74) is 3.14. The fraction of sp³-hybridized carbons (Fsp3) is 0.400. The highest BCUT2D eigenvalue weighted by Crippen LogP contribution is 2.15. The number of hydrogen-bond donors (Lipinski definition) is 2. The minimum atomic E-state index is -0.218. The van der Waals surface area contributed by atoms with Crippen molar-refractivity contribution in [2.45, 2.75) is 32.6 Å². The van der Waals surface area contributed by atoms with Crippen LogP contribution in [0.1, 0.15) is 42.1 Å². The van der Waals surface area contributed by atoms with Crippen molar-refractivity contribution in [2.75, 3.05) is 43.5 Å². The van der Waals surface area contributed by atoms with Gasteiger partial charge >= 0.3 is 0 Å². The van der Waals surface area contributed by atoms with Gasteiger partial charge in [-0.2, -0.15) is 0 Å². The number of carbonyl (C=O) groups is 3. The standard InChI is InChI=1S/C25H31N3O4/c1-2-3-19-4-6-20(7-5-19)23(29)12-13-24(30)26-21-8-10-22(11-9-21)27-25(31)18-28-14-16-32-17-15-28/h4-11H,2-3,12-18H2,1H3,(H,26,30)(H,27,31). The van der Waals surface area contributed by atoms with Crippen molar-refractivity contribution in [1.29, 1.82) is 0 Å². The fourth-order valence-electron chi connectivity index (χ4n) is 3.54. The Labute approximate surface area is 189 Å². The van der Waals surface area contributed by atoms with Crippen molar-refractivity contribution in [3.8, 4) is 0 Å². The van der Waals surface area contributed by atoms with Crippen LogP contribution in [0.15, 0.2) is 48.5 Å². The number of amides is 2. The van der Waals surface area contributed by atoms with Crippen LogP contribution in [-0.4, -0.2) is 55.3 Å². The summed E-state index contributed by atoms with van der Waals surface area (Å²) in [6, 6.07) is 14.6. The van der Waals surface area contributed by atoms with Gasteiger partial charge in [0, 0.05) is 42.9 Å². The Kier molecular flexibility index (Phi) is 8.95. The molecule has 170 valence electrons. The first kappa shape index (κ1) is 23.6. The number of morpholine rings is 1. The van der Waals surface area contributed by atoms with Crippen molar-refractivity contribution in [3.05, 3.63) is 59.7 Å². The van der Waals surface area contributed by atoms with Crippen LogP contribution in [0.25, 0.3) is 0 Å². The quantitative estimate of drug-likeness (QED) is 0.556. The summed E-state index contributed by atoms with van der Waals surface area (Å²) in [6.45, 7) is 5.26. The number of nitrogens with one attached hydrogen (secondary N) is 2. The number of aryl methyl sites for hydroxylation is 1. The van der Waals surface area contributed by atoms with Crippen LogP contribution in [0.5, 0.6) is 0 Å². The molecule has 1 aliphatic heterocycles. The van der Waals surface area contributed by atoms with E-state index >= 15 is 0 Å². The van der Waals surface area contributed by atoms with Crippen molar-refractivity contribution in [1.82, 2.24) is 4.90 Å². The van der Waals surface area contributed by atoms with Gasteiger partial charge in [0.05, 0.1) is 19.8 Å². The molecule has 0 spiro atoms. The summed E-state index contributed by atoms with van der Waals surface area (Å²) in [7, 11) is 0. The Bertz CT molecular complexity index is 904. The minimum absolute atomic E-state index is 0.0403. The maximum atomic E-state index is 12.3. The van der Waals surface area contributed by atoms with Crippen LogP contribution in [0.3, 0.4) is 0 Å². The zero-order chi connectivity index (χ0) is 22.8. The molecule has 0 aromatic heterocycles. The van der Waals surface area contributed by atoms with Crippen molar-refractivity contribution in [3.63, 3.8) is 0 Å². The molecular formula is C25H31N3O4. The molecule has 1 fully saturated rings. The molecule has 2 N–H and O–H groups in total. The lowest BCUT2D eigenvalue weighted by Crippen LogP contribution is -2.41. The topological polar surface area (TPSA) is 87.7 Å². The molecule has 0 radical (unpaired) electrons. The van der Waals surface area contributed by atoms with E-state index in [1.54, 1.807) is 24.3 Å². The van der Waals surface area contributed by atoms with E-state index in [9.17, 15) is 14.4 Å². The number of nitrogens with zero attached hydrogens (tertiary/aromatic N) is 1. The maximum absolute atomic E-state index is 12.3. The third-order valence-corrected chi connectivity index (χ3v) is 5.32. The van der Waals surface area contributed by atoms with E-state index in [0.717, 1.165) is 25.9 Å². The largest absolute Gasteiger partial charge is 0.379 e. The molecule has 0 bridgehead atoms. The molecule has 0 atom stereocenters. The first-order valence-corrected chi connectivity index (χ1v) is 11.2. The smallest absolute Gasteiger partial charge is 0.238 e. The molecule has 0 saturated carbocycles. The van der Waals surface area contributed by atoms with Crippen LogP contribution >= 0.6 is 0 Å². The van der Waals surface area contributed by atoms with Gasteiger partial charge in [-0.25, -0.2) is 0 Å². The van der Waals surface area contributed by atoms with Gasteiger partial charge in [-0.3, -0.25) is 19.3 Å². The average Bonchev–Trinajstić information content (AvgIpc) is 2.80. The zero-order valence-corrected chi connectivity index (χ0v) is 18.6. The molecule has 2 aromatic rings. The Hall–Kier alpha value is -3.03. The number of ether oxygens (including phenoxy) is 1. The number of Topliss-reactive ketones (excluding diaryl/α,β-unsaturated/α-hetero) is 1. The highest BCUT2D eigenvalue weighted by atomic mass is 16.5. The van der Waals surface area contributed by atoms with Gasteiger partial charge in [-0.05, 0) is 36.2 Å². The molecule has 7 heteroatoms. The number of ketones is 1. The molecule has 1 aliphatic rings. The van der Waals surface area contributed by atoms with Gasteiger partial charge in [0.15, 0.2) is 5.78 Å². The summed E-state index contributed by atoms with van der Waals surface area (Å²) in [4.78, 5) is 38.8. The van der Waals surface area contributed by atoms with E-state index in [2.05, 4.69) is 17.6 Å². The molecule has 0 aliphatic carbocycles. The number of anilines is 2. The Morgan fingerprint density at radius 1 is 0.844 bits per heavy atom. The second-order valence-electron chi connectivity index (χ2n) is 7.93. The second-order valence-corrected chi connectivity index (χ2v) is 7.93. The molecule has 2 aromatic carbocycles. The van der Waals surface area contributed by atoms with Crippen LogP contribution in [0.4, 0.5) is 11.4 Å². The first-order chi connectivity index (χ1) is 15.5. The lowest BCUT2D eigenvalue weighted by Gasteiger charge is -2.25. The Balaban J connectivity index is 1.40. The maximum Gasteiger partial charge on any atom is 0.238 e. The summed E-state index contributed by atoms with van der Waals surface area (Å²) < 4.78 is 5.28. The SMILES string of the molecule is CCCc1ccc(C(=O)CCC(=O)Nc2ccc(NC(=O)CN3CCOCC3)cc2)cc1. The van der Waals surface area contributed by atoms with E-state index in [4.69, 9.17) is 4.74 Å². The second kappa shape index (κ2) is 12.1. The molecule has 32 heavy (non-hydrogen) atoms. The van der Waals surface area contributed by atoms with Gasteiger partial charge in [-0.15, -0.1) is 0 Å². The van der Waals surface area contributed by atoms with Crippen molar-refractivity contribution >= 4 is 29.0 Å². The van der Waals surface area contributed by atoms with Crippen LogP contribution in [0.2, 0.25) is 0 Å². The predicted molar refractivity (Wildman–Crippen MR) is 125 cm³/mol. The molecule has 1 heterocycles. The normalized spacial score (nSPS) is 14.0. The molecule has 0 unspecified atom stereocenters. The highest BCUT2D eigenvalue weighted by Gasteiger charge is 2.14. The van der Waals surface area contributed by atoms with Crippen molar-refractivity contribution in [2.24, 2.45) is 0 Å². The fourth-order valence-corrected chi connectivity index (χ4v) is 3.54. The van der Waals surface area contributed by atoms with E-state index in [1.807, 2.05) is 29.2 Å². The summed E-state index contributed by atoms with van der Waals surface area (Å²) in [5.74, 6) is -0.337. The number of carbonyl (C=O) groups excluding carboxylic acids is 3.